The average molecular weight is 527 g/mol. The summed E-state index contributed by atoms with van der Waals surface area (Å²) in [7, 11) is 0. The largest absolute Gasteiger partial charge is 0.490 e. The number of amides is 2. The van der Waals surface area contributed by atoms with Gasteiger partial charge in [0, 0.05) is 31.1 Å². The summed E-state index contributed by atoms with van der Waals surface area (Å²) in [6, 6.07) is 11.9. The van der Waals surface area contributed by atoms with Crippen molar-refractivity contribution >= 4 is 17.8 Å². The minimum atomic E-state index is -5.08. The maximum absolute atomic E-state index is 13.3. The minimum absolute atomic E-state index is 0.0472. The number of carbonyl (C=O) groups excluding carboxylic acids is 2. The molecule has 0 bridgehead atoms. The fourth-order valence-corrected chi connectivity index (χ4v) is 4.64. The molecule has 2 saturated heterocycles. The molecule has 2 aromatic rings. The molecule has 0 radical (unpaired) electrons. The van der Waals surface area contributed by atoms with Gasteiger partial charge in [-0.25, -0.2) is 13.6 Å². The van der Waals surface area contributed by atoms with Crippen LogP contribution in [0.25, 0.3) is 0 Å². The van der Waals surface area contributed by atoms with E-state index in [1.165, 1.54) is 36.4 Å². The highest BCUT2D eigenvalue weighted by atomic mass is 19.4. The number of nitrogens with zero attached hydrogens (tertiary/aromatic N) is 1. The minimum Gasteiger partial charge on any atom is -0.475 e. The third-order valence-electron chi connectivity index (χ3n) is 6.67. The number of carboxylic acids is 1. The molecule has 0 saturated carbocycles. The Morgan fingerprint density at radius 2 is 1.51 bits per heavy atom. The first-order valence-electron chi connectivity index (χ1n) is 11.5. The van der Waals surface area contributed by atoms with Crippen LogP contribution in [0.2, 0.25) is 0 Å². The number of halogens is 5. The van der Waals surface area contributed by atoms with Gasteiger partial charge >= 0.3 is 12.1 Å². The van der Waals surface area contributed by atoms with Crippen molar-refractivity contribution in [3.63, 3.8) is 0 Å². The summed E-state index contributed by atoms with van der Waals surface area (Å²) in [6.07, 6.45) is -3.63. The molecule has 12 heteroatoms. The van der Waals surface area contributed by atoms with Crippen LogP contribution in [-0.2, 0) is 9.59 Å². The summed E-state index contributed by atoms with van der Waals surface area (Å²) in [4.78, 5) is 36.0. The Hall–Kier alpha value is -3.54. The number of carboxylic acid groups (broad SMARTS) is 1. The van der Waals surface area contributed by atoms with Gasteiger partial charge in [-0.15, -0.1) is 0 Å². The molecule has 7 nitrogen and oxygen atoms in total. The molecule has 3 N–H and O–H groups in total. The standard InChI is InChI=1S/C23H25F2N3O2.C2HF3O2/c24-18-5-1-16(2-6-18)20-15-27-22(30)23(20)9-12-28(13-10-23)14-11-26-21(29)17-3-7-19(25)8-4-17;3-2(4,5)1(6)7/h1-8,20H,9-15H2,(H,26,29)(H,27,30);(H,6,7)/t20-;/m1./s1. The van der Waals surface area contributed by atoms with E-state index in [9.17, 15) is 31.5 Å². The molecule has 4 rings (SSSR count). The van der Waals surface area contributed by atoms with E-state index in [0.29, 0.717) is 25.2 Å². The van der Waals surface area contributed by atoms with Crippen molar-refractivity contribution in [3.8, 4) is 0 Å². The second-order valence-electron chi connectivity index (χ2n) is 8.88. The second kappa shape index (κ2) is 11.7. The van der Waals surface area contributed by atoms with Gasteiger partial charge in [0.2, 0.25) is 5.91 Å². The first kappa shape index (κ1) is 28.0. The van der Waals surface area contributed by atoms with Crippen LogP contribution in [0.3, 0.4) is 0 Å². The first-order chi connectivity index (χ1) is 17.4. The Labute approximate surface area is 209 Å². The molecule has 2 aromatic carbocycles. The first-order valence-corrected chi connectivity index (χ1v) is 11.5. The van der Waals surface area contributed by atoms with Gasteiger partial charge in [0.1, 0.15) is 11.6 Å². The SMILES string of the molecule is O=C(NCCN1CCC2(CC1)C(=O)NC[C@@H]2c1ccc(F)cc1)c1ccc(F)cc1.O=C(O)C(F)(F)F. The number of benzene rings is 2. The molecule has 2 heterocycles. The number of rotatable bonds is 5. The summed E-state index contributed by atoms with van der Waals surface area (Å²) < 4.78 is 58.0. The lowest BCUT2D eigenvalue weighted by molar-refractivity contribution is -0.192. The van der Waals surface area contributed by atoms with E-state index < -0.39 is 17.6 Å². The molecule has 2 aliphatic rings. The van der Waals surface area contributed by atoms with E-state index in [4.69, 9.17) is 9.90 Å². The van der Waals surface area contributed by atoms with E-state index in [-0.39, 0.29) is 29.4 Å². The van der Waals surface area contributed by atoms with Crippen LogP contribution in [0.15, 0.2) is 48.5 Å². The molecule has 1 atom stereocenters. The van der Waals surface area contributed by atoms with E-state index in [0.717, 1.165) is 31.5 Å². The third kappa shape index (κ3) is 7.03. The van der Waals surface area contributed by atoms with Gasteiger partial charge in [-0.05, 0) is 67.9 Å². The zero-order valence-corrected chi connectivity index (χ0v) is 19.7. The Morgan fingerprint density at radius 1 is 1.00 bits per heavy atom. The van der Waals surface area contributed by atoms with Gasteiger partial charge in [-0.2, -0.15) is 13.2 Å². The summed E-state index contributed by atoms with van der Waals surface area (Å²) in [6.45, 7) is 3.27. The fraction of sp³-hybridized carbons (Fsp3) is 0.400. The van der Waals surface area contributed by atoms with Gasteiger partial charge in [0.15, 0.2) is 0 Å². The zero-order valence-electron chi connectivity index (χ0n) is 19.7. The molecule has 2 aliphatic heterocycles. The number of nitrogens with one attached hydrogen (secondary N) is 2. The Kier molecular flexibility index (Phi) is 8.85. The Morgan fingerprint density at radius 3 is 2.03 bits per heavy atom. The highest BCUT2D eigenvalue weighted by molar-refractivity contribution is 5.94. The van der Waals surface area contributed by atoms with Crippen LogP contribution in [0, 0.1) is 17.0 Å². The van der Waals surface area contributed by atoms with Gasteiger partial charge in [-0.1, -0.05) is 12.1 Å². The molecule has 37 heavy (non-hydrogen) atoms. The van der Waals surface area contributed by atoms with Gasteiger partial charge in [0.05, 0.1) is 5.41 Å². The van der Waals surface area contributed by atoms with Crippen LogP contribution in [0.4, 0.5) is 22.0 Å². The smallest absolute Gasteiger partial charge is 0.475 e. The lowest BCUT2D eigenvalue weighted by Gasteiger charge is -2.41. The van der Waals surface area contributed by atoms with E-state index in [1.54, 1.807) is 12.1 Å². The molecule has 2 fully saturated rings. The highest BCUT2D eigenvalue weighted by Crippen LogP contribution is 2.47. The third-order valence-corrected chi connectivity index (χ3v) is 6.67. The topological polar surface area (TPSA) is 98.7 Å². The van der Waals surface area contributed by atoms with Gasteiger partial charge in [0.25, 0.3) is 5.91 Å². The zero-order chi connectivity index (χ0) is 27.2. The number of hydrogen-bond donors (Lipinski definition) is 3. The molecule has 200 valence electrons. The highest BCUT2D eigenvalue weighted by Gasteiger charge is 2.51. The van der Waals surface area contributed by atoms with Crippen LogP contribution in [-0.4, -0.2) is 66.7 Å². The van der Waals surface area contributed by atoms with Crippen molar-refractivity contribution in [1.82, 2.24) is 15.5 Å². The average Bonchev–Trinajstić information content (AvgIpc) is 3.16. The molecule has 2 amide bonds. The summed E-state index contributed by atoms with van der Waals surface area (Å²) in [5.74, 6) is -3.50. The predicted octanol–water partition coefficient (Wildman–Crippen LogP) is 3.32. The second-order valence-corrected chi connectivity index (χ2v) is 8.88. The monoisotopic (exact) mass is 527 g/mol. The summed E-state index contributed by atoms with van der Waals surface area (Å²) >= 11 is 0. The number of alkyl halides is 3. The van der Waals surface area contributed by atoms with Crippen molar-refractivity contribution in [1.29, 1.82) is 0 Å². The molecular formula is C25H26F5N3O4. The summed E-state index contributed by atoms with van der Waals surface area (Å²) in [5.41, 5.74) is 0.972. The predicted molar refractivity (Wildman–Crippen MR) is 123 cm³/mol. The van der Waals surface area contributed by atoms with Crippen LogP contribution in [0.1, 0.15) is 34.7 Å². The maximum atomic E-state index is 13.3. The Bertz CT molecular complexity index is 1100. The number of aliphatic carboxylic acids is 1. The van der Waals surface area contributed by atoms with Gasteiger partial charge < -0.3 is 20.6 Å². The van der Waals surface area contributed by atoms with E-state index in [1.807, 2.05) is 0 Å². The number of piperidine rings is 1. The van der Waals surface area contributed by atoms with Crippen molar-refractivity contribution in [2.45, 2.75) is 24.9 Å². The van der Waals surface area contributed by atoms with Crippen molar-refractivity contribution in [3.05, 3.63) is 71.3 Å². The van der Waals surface area contributed by atoms with Crippen LogP contribution >= 0.6 is 0 Å². The number of likely N-dealkylation sites (tertiary alicyclic amines) is 1. The van der Waals surface area contributed by atoms with Gasteiger partial charge in [-0.3, -0.25) is 9.59 Å². The lowest BCUT2D eigenvalue weighted by atomic mass is 9.68. The molecule has 1 spiro atoms. The number of carbonyl (C=O) groups is 3. The normalized spacial score (nSPS) is 19.1. The van der Waals surface area contributed by atoms with E-state index >= 15 is 0 Å². The summed E-state index contributed by atoms with van der Waals surface area (Å²) in [5, 5.41) is 13.0. The molecule has 0 aromatic heterocycles. The maximum Gasteiger partial charge on any atom is 0.490 e. The van der Waals surface area contributed by atoms with Crippen molar-refractivity contribution in [2.75, 3.05) is 32.7 Å². The van der Waals surface area contributed by atoms with E-state index in [2.05, 4.69) is 15.5 Å². The fourth-order valence-electron chi connectivity index (χ4n) is 4.64. The lowest BCUT2D eigenvalue weighted by Crippen LogP contribution is -2.47. The van der Waals surface area contributed by atoms with Crippen molar-refractivity contribution < 1.29 is 41.4 Å². The molecule has 0 unspecified atom stereocenters. The molecular weight excluding hydrogens is 501 g/mol. The van der Waals surface area contributed by atoms with Crippen molar-refractivity contribution in [2.24, 2.45) is 5.41 Å². The Balaban J connectivity index is 0.000000479. The number of hydrogen-bond acceptors (Lipinski definition) is 4. The van der Waals surface area contributed by atoms with Crippen LogP contribution in [0.5, 0.6) is 0 Å². The van der Waals surface area contributed by atoms with Crippen LogP contribution < -0.4 is 10.6 Å². The quantitative estimate of drug-likeness (QED) is 0.519. The molecule has 0 aliphatic carbocycles.